The summed E-state index contributed by atoms with van der Waals surface area (Å²) in [6.07, 6.45) is 2.93. The summed E-state index contributed by atoms with van der Waals surface area (Å²) in [4.78, 5) is 25.7. The summed E-state index contributed by atoms with van der Waals surface area (Å²) in [6.45, 7) is 5.61. The molecule has 1 atom stereocenters. The molecule has 1 aromatic carbocycles. The number of nitrogens with one attached hydrogen (secondary N) is 1. The predicted molar refractivity (Wildman–Crippen MR) is 112 cm³/mol. The fourth-order valence-corrected chi connectivity index (χ4v) is 3.88. The smallest absolute Gasteiger partial charge is 0.243 e. The van der Waals surface area contributed by atoms with E-state index in [0.29, 0.717) is 59.0 Å². The van der Waals surface area contributed by atoms with Gasteiger partial charge in [0.25, 0.3) is 0 Å². The molecule has 0 spiro atoms. The summed E-state index contributed by atoms with van der Waals surface area (Å²) in [5.41, 5.74) is 9.18. The zero-order chi connectivity index (χ0) is 21.2. The van der Waals surface area contributed by atoms with Crippen LogP contribution in [0.5, 0.6) is 0 Å². The van der Waals surface area contributed by atoms with Crippen LogP contribution in [-0.4, -0.2) is 68.9 Å². The lowest BCUT2D eigenvalue weighted by atomic mass is 10.0. The Morgan fingerprint density at radius 1 is 0.967 bits per heavy atom. The Hall–Kier alpha value is -1.84. The molecule has 0 saturated carbocycles. The molecule has 2 amide bonds. The van der Waals surface area contributed by atoms with E-state index in [1.165, 1.54) is 16.7 Å². The Kier molecular flexibility index (Phi) is 9.23. The molecule has 8 nitrogen and oxygen atoms in total. The van der Waals surface area contributed by atoms with E-state index >= 15 is 0 Å². The first kappa shape index (κ1) is 22.8. The van der Waals surface area contributed by atoms with Gasteiger partial charge < -0.3 is 19.9 Å². The molecule has 1 fully saturated rings. The first-order valence-electron chi connectivity index (χ1n) is 10.8. The number of amides is 2. The van der Waals surface area contributed by atoms with Crippen molar-refractivity contribution in [3.63, 3.8) is 0 Å². The van der Waals surface area contributed by atoms with Gasteiger partial charge >= 0.3 is 0 Å². The van der Waals surface area contributed by atoms with Crippen LogP contribution in [0.25, 0.3) is 0 Å². The molecule has 2 aliphatic rings. The van der Waals surface area contributed by atoms with E-state index in [2.05, 4.69) is 28.4 Å². The number of hydrogen-bond donors (Lipinski definition) is 2. The van der Waals surface area contributed by atoms with Crippen LogP contribution in [0, 0.1) is 0 Å². The van der Waals surface area contributed by atoms with E-state index in [1.54, 1.807) is 0 Å². The molecule has 0 aromatic heterocycles. The number of nitrogens with two attached hydrogens (primary N) is 1. The van der Waals surface area contributed by atoms with Gasteiger partial charge in [0, 0.05) is 32.7 Å². The Balaban J connectivity index is 1.30. The molecule has 0 bridgehead atoms. The molecule has 30 heavy (non-hydrogen) atoms. The van der Waals surface area contributed by atoms with Crippen molar-refractivity contribution in [3.05, 3.63) is 34.9 Å². The van der Waals surface area contributed by atoms with Gasteiger partial charge in [-0.05, 0) is 36.0 Å². The molecule has 2 aliphatic heterocycles. The van der Waals surface area contributed by atoms with Crippen LogP contribution >= 0.6 is 0 Å². The van der Waals surface area contributed by atoms with E-state index in [1.807, 2.05) is 0 Å². The van der Waals surface area contributed by atoms with Gasteiger partial charge in [0.05, 0.1) is 39.1 Å². The maximum absolute atomic E-state index is 12.1. The number of rotatable bonds is 13. The van der Waals surface area contributed by atoms with E-state index < -0.39 is 0 Å². The van der Waals surface area contributed by atoms with Gasteiger partial charge in [-0.15, -0.1) is 0 Å². The van der Waals surface area contributed by atoms with Crippen molar-refractivity contribution < 1.29 is 23.8 Å². The van der Waals surface area contributed by atoms with E-state index in [-0.39, 0.29) is 17.9 Å². The highest BCUT2D eigenvalue weighted by molar-refractivity contribution is 6.00. The van der Waals surface area contributed by atoms with Crippen LogP contribution in [-0.2, 0) is 43.3 Å². The molecule has 3 rings (SSSR count). The van der Waals surface area contributed by atoms with E-state index in [9.17, 15) is 9.59 Å². The Labute approximate surface area is 178 Å². The standard InChI is InChI=1S/C22H33N3O5/c23-7-9-29-11-13-30-12-10-28-8-1-2-17-3-4-18-15-25(16-19(18)14-17)20-5-6-21(26)24-22(20)27/h3-4,14,20H,1-2,5-13,15-16,23H2,(H,24,26,27). The first-order chi connectivity index (χ1) is 14.7. The third-order valence-corrected chi connectivity index (χ3v) is 5.43. The summed E-state index contributed by atoms with van der Waals surface area (Å²) in [7, 11) is 0. The summed E-state index contributed by atoms with van der Waals surface area (Å²) < 4.78 is 16.3. The number of carbonyl (C=O) groups is 2. The van der Waals surface area contributed by atoms with E-state index in [4.69, 9.17) is 19.9 Å². The Bertz CT molecular complexity index is 712. The summed E-state index contributed by atoms with van der Waals surface area (Å²) in [5, 5.41) is 2.46. The second kappa shape index (κ2) is 12.1. The number of aryl methyl sites for hydroxylation is 1. The minimum absolute atomic E-state index is 0.163. The monoisotopic (exact) mass is 419 g/mol. The molecule has 0 radical (unpaired) electrons. The summed E-state index contributed by atoms with van der Waals surface area (Å²) >= 11 is 0. The molecule has 3 N–H and O–H groups in total. The van der Waals surface area contributed by atoms with Crippen LogP contribution < -0.4 is 11.1 Å². The van der Waals surface area contributed by atoms with Gasteiger partial charge in [-0.2, -0.15) is 0 Å². The number of ether oxygens (including phenoxy) is 3. The Morgan fingerprint density at radius 3 is 2.40 bits per heavy atom. The topological polar surface area (TPSA) is 103 Å². The van der Waals surface area contributed by atoms with Crippen LogP contribution in [0.4, 0.5) is 0 Å². The van der Waals surface area contributed by atoms with Gasteiger partial charge in [-0.3, -0.25) is 19.8 Å². The lowest BCUT2D eigenvalue weighted by Gasteiger charge is -2.29. The fraction of sp³-hybridized carbons (Fsp3) is 0.636. The van der Waals surface area contributed by atoms with Crippen LogP contribution in [0.15, 0.2) is 18.2 Å². The van der Waals surface area contributed by atoms with Gasteiger partial charge in [-0.1, -0.05) is 18.2 Å². The SMILES string of the molecule is NCCOCCOCCOCCCc1ccc2c(c1)CN(C1CCC(=O)NC1=O)C2. The normalized spacial score (nSPS) is 19.2. The van der Waals surface area contributed by atoms with Crippen molar-refractivity contribution >= 4 is 11.8 Å². The number of carbonyl (C=O) groups excluding carboxylic acids is 2. The molecule has 0 aliphatic carbocycles. The molecule has 1 unspecified atom stereocenters. The van der Waals surface area contributed by atoms with Crippen molar-refractivity contribution in [1.29, 1.82) is 0 Å². The number of piperidine rings is 1. The minimum atomic E-state index is -0.207. The zero-order valence-electron chi connectivity index (χ0n) is 17.6. The molecule has 1 aromatic rings. The van der Waals surface area contributed by atoms with Gasteiger partial charge in [-0.25, -0.2) is 0 Å². The molecule has 1 saturated heterocycles. The number of nitrogens with zero attached hydrogens (tertiary/aromatic N) is 1. The molecule has 166 valence electrons. The van der Waals surface area contributed by atoms with Crippen molar-refractivity contribution in [2.75, 3.05) is 46.2 Å². The highest BCUT2D eigenvalue weighted by atomic mass is 16.5. The van der Waals surface area contributed by atoms with Crippen LogP contribution in [0.1, 0.15) is 36.0 Å². The lowest BCUT2D eigenvalue weighted by molar-refractivity contribution is -0.137. The maximum atomic E-state index is 12.1. The summed E-state index contributed by atoms with van der Waals surface area (Å²) in [6, 6.07) is 6.36. The zero-order valence-corrected chi connectivity index (χ0v) is 17.6. The van der Waals surface area contributed by atoms with Crippen LogP contribution in [0.2, 0.25) is 0 Å². The molecular formula is C22H33N3O5. The third-order valence-electron chi connectivity index (χ3n) is 5.43. The van der Waals surface area contributed by atoms with E-state index in [0.717, 1.165) is 25.9 Å². The summed E-state index contributed by atoms with van der Waals surface area (Å²) in [5.74, 6) is -0.330. The number of fused-ring (bicyclic) bond motifs is 1. The first-order valence-corrected chi connectivity index (χ1v) is 10.8. The van der Waals surface area contributed by atoms with Gasteiger partial charge in [0.15, 0.2) is 0 Å². The second-order valence-corrected chi connectivity index (χ2v) is 7.70. The minimum Gasteiger partial charge on any atom is -0.379 e. The van der Waals surface area contributed by atoms with Crippen molar-refractivity contribution in [1.82, 2.24) is 10.2 Å². The molecule has 2 heterocycles. The average molecular weight is 420 g/mol. The van der Waals surface area contributed by atoms with Crippen molar-refractivity contribution in [3.8, 4) is 0 Å². The fourth-order valence-electron chi connectivity index (χ4n) is 3.88. The maximum Gasteiger partial charge on any atom is 0.243 e. The largest absolute Gasteiger partial charge is 0.379 e. The highest BCUT2D eigenvalue weighted by Gasteiger charge is 2.34. The second-order valence-electron chi connectivity index (χ2n) is 7.70. The molecule has 8 heteroatoms. The van der Waals surface area contributed by atoms with Crippen molar-refractivity contribution in [2.24, 2.45) is 5.73 Å². The number of hydrogen-bond acceptors (Lipinski definition) is 7. The number of benzene rings is 1. The lowest BCUT2D eigenvalue weighted by Crippen LogP contribution is -2.50. The average Bonchev–Trinajstić information content (AvgIpc) is 3.15. The predicted octanol–water partition coefficient (Wildman–Crippen LogP) is 0.749. The Morgan fingerprint density at radius 2 is 1.67 bits per heavy atom. The van der Waals surface area contributed by atoms with Crippen LogP contribution in [0.3, 0.4) is 0 Å². The highest BCUT2D eigenvalue weighted by Crippen LogP contribution is 2.28. The van der Waals surface area contributed by atoms with Crippen molar-refractivity contribution in [2.45, 2.75) is 44.8 Å². The van der Waals surface area contributed by atoms with Gasteiger partial charge in [0.1, 0.15) is 0 Å². The van der Waals surface area contributed by atoms with Gasteiger partial charge in [0.2, 0.25) is 11.8 Å². The molecular weight excluding hydrogens is 386 g/mol. The number of imide groups is 1. The quantitative estimate of drug-likeness (QED) is 0.359. The third kappa shape index (κ3) is 6.85.